The average Bonchev–Trinajstić information content (AvgIpc) is 2.54. The lowest BCUT2D eigenvalue weighted by molar-refractivity contribution is -0.139. The fourth-order valence-corrected chi connectivity index (χ4v) is 3.72. The summed E-state index contributed by atoms with van der Waals surface area (Å²) in [4.78, 5) is 22.1. The summed E-state index contributed by atoms with van der Waals surface area (Å²) in [6.45, 7) is 11.2. The second kappa shape index (κ2) is 4.97. The summed E-state index contributed by atoms with van der Waals surface area (Å²) < 4.78 is 0. The van der Waals surface area contributed by atoms with Crippen LogP contribution in [0.25, 0.3) is 0 Å². The van der Waals surface area contributed by atoms with Crippen molar-refractivity contribution in [3.8, 4) is 0 Å². The fraction of sp³-hybridized carbons (Fsp3) is 0.556. The molecular formula is C18H24O3. The number of hydrogen-bond acceptors (Lipinski definition) is 2. The number of carboxylic acids is 1. The van der Waals surface area contributed by atoms with Crippen LogP contribution in [0.1, 0.15) is 63.6 Å². The Balaban J connectivity index is 2.57. The lowest BCUT2D eigenvalue weighted by Crippen LogP contribution is -2.30. The van der Waals surface area contributed by atoms with Gasteiger partial charge in [-0.05, 0) is 33.4 Å². The van der Waals surface area contributed by atoms with E-state index in [1.807, 2.05) is 12.1 Å². The molecule has 2 atom stereocenters. The third-order valence-corrected chi connectivity index (χ3v) is 5.63. The fourth-order valence-electron chi connectivity index (χ4n) is 3.72. The van der Waals surface area contributed by atoms with Crippen LogP contribution in [0.3, 0.4) is 0 Å². The summed E-state index contributed by atoms with van der Waals surface area (Å²) in [7, 11) is 0. The van der Waals surface area contributed by atoms with Gasteiger partial charge < -0.3 is 9.90 Å². The molecule has 1 aromatic rings. The molecule has 1 aromatic carbocycles. The number of aliphatic carboxylic acids is 1. The highest BCUT2D eigenvalue weighted by atomic mass is 16.4. The van der Waals surface area contributed by atoms with E-state index in [0.717, 1.165) is 5.56 Å². The van der Waals surface area contributed by atoms with Crippen LogP contribution in [-0.2, 0) is 20.4 Å². The Morgan fingerprint density at radius 3 is 2.33 bits per heavy atom. The molecule has 0 aromatic heterocycles. The molecule has 0 heterocycles. The first-order chi connectivity index (χ1) is 9.64. The second-order valence-electron chi connectivity index (χ2n) is 7.26. The van der Waals surface area contributed by atoms with Crippen molar-refractivity contribution in [2.24, 2.45) is 5.92 Å². The Bertz CT molecular complexity index is 584. The largest absolute Gasteiger partial charge is 0.481 e. The smallest absolute Gasteiger partial charge is 0.311 e. The van der Waals surface area contributed by atoms with Crippen molar-refractivity contribution < 1.29 is 14.7 Å². The summed E-state index contributed by atoms with van der Waals surface area (Å²) in [6, 6.07) is 5.93. The maximum atomic E-state index is 11.4. The molecular weight excluding hydrogens is 264 g/mol. The minimum absolute atomic E-state index is 0.000917. The molecule has 0 saturated carbocycles. The number of carbonyl (C=O) groups is 2. The lowest BCUT2D eigenvalue weighted by atomic mass is 9.71. The molecule has 0 radical (unpaired) electrons. The number of carbonyl (C=O) groups excluding carboxylic acids is 1. The predicted octanol–water partition coefficient (Wildman–Crippen LogP) is 3.65. The van der Waals surface area contributed by atoms with Gasteiger partial charge in [-0.1, -0.05) is 52.8 Å². The van der Waals surface area contributed by atoms with Gasteiger partial charge in [-0.2, -0.15) is 0 Å². The number of rotatable bonds is 4. The Morgan fingerprint density at radius 2 is 1.81 bits per heavy atom. The van der Waals surface area contributed by atoms with E-state index in [1.54, 1.807) is 0 Å². The molecule has 0 saturated heterocycles. The van der Waals surface area contributed by atoms with Crippen molar-refractivity contribution in [1.29, 1.82) is 0 Å². The van der Waals surface area contributed by atoms with Crippen LogP contribution in [-0.4, -0.2) is 17.4 Å². The van der Waals surface area contributed by atoms with Crippen LogP contribution in [0.15, 0.2) is 18.2 Å². The van der Waals surface area contributed by atoms with Crippen molar-refractivity contribution in [2.75, 3.05) is 0 Å². The van der Waals surface area contributed by atoms with E-state index in [-0.39, 0.29) is 17.3 Å². The molecule has 1 N–H and O–H groups in total. The van der Waals surface area contributed by atoms with Crippen LogP contribution in [0, 0.1) is 5.92 Å². The summed E-state index contributed by atoms with van der Waals surface area (Å²) in [5, 5.41) is 9.33. The number of benzene rings is 1. The Morgan fingerprint density at radius 1 is 1.24 bits per heavy atom. The van der Waals surface area contributed by atoms with Gasteiger partial charge in [0.25, 0.3) is 0 Å². The van der Waals surface area contributed by atoms with Gasteiger partial charge in [0.15, 0.2) is 0 Å². The number of aldehydes is 1. The standard InChI is InChI=1S/C18H24O3/c1-11-17(2,3)14-7-6-12(10-15(14)18(11,4)5)13(8-9-19)16(20)21/h6-7,9-11,13H,8H2,1-5H3,(H,20,21). The third kappa shape index (κ3) is 2.29. The molecule has 0 bridgehead atoms. The Kier molecular flexibility index (Phi) is 3.73. The summed E-state index contributed by atoms with van der Waals surface area (Å²) in [5.74, 6) is -1.22. The topological polar surface area (TPSA) is 54.4 Å². The first kappa shape index (κ1) is 15.7. The molecule has 3 heteroatoms. The van der Waals surface area contributed by atoms with Gasteiger partial charge in [0.2, 0.25) is 0 Å². The third-order valence-electron chi connectivity index (χ3n) is 5.63. The highest BCUT2D eigenvalue weighted by molar-refractivity contribution is 5.79. The van der Waals surface area contributed by atoms with Crippen molar-refractivity contribution in [3.63, 3.8) is 0 Å². The van der Waals surface area contributed by atoms with E-state index in [9.17, 15) is 14.7 Å². The molecule has 21 heavy (non-hydrogen) atoms. The molecule has 0 fully saturated rings. The molecule has 0 spiro atoms. The molecule has 1 aliphatic carbocycles. The van der Waals surface area contributed by atoms with Gasteiger partial charge in [0.05, 0.1) is 5.92 Å². The van der Waals surface area contributed by atoms with E-state index < -0.39 is 11.9 Å². The zero-order valence-electron chi connectivity index (χ0n) is 13.4. The highest BCUT2D eigenvalue weighted by Gasteiger charge is 2.48. The molecule has 2 rings (SSSR count). The van der Waals surface area contributed by atoms with E-state index in [0.29, 0.717) is 12.2 Å². The van der Waals surface area contributed by atoms with Crippen LogP contribution in [0.4, 0.5) is 0 Å². The van der Waals surface area contributed by atoms with E-state index in [2.05, 4.69) is 40.7 Å². The zero-order chi connectivity index (χ0) is 16.0. The van der Waals surface area contributed by atoms with Gasteiger partial charge >= 0.3 is 5.97 Å². The van der Waals surface area contributed by atoms with Gasteiger partial charge in [-0.25, -0.2) is 0 Å². The summed E-state index contributed by atoms with van der Waals surface area (Å²) in [5.41, 5.74) is 3.31. The van der Waals surface area contributed by atoms with Gasteiger partial charge in [-0.15, -0.1) is 0 Å². The SMILES string of the molecule is CC1C(C)(C)c2ccc(C(CC=O)C(=O)O)cc2C1(C)C. The van der Waals surface area contributed by atoms with Crippen molar-refractivity contribution in [2.45, 2.75) is 57.8 Å². The molecule has 114 valence electrons. The quantitative estimate of drug-likeness (QED) is 0.860. The Hall–Kier alpha value is -1.64. The average molecular weight is 288 g/mol. The number of fused-ring (bicyclic) bond motifs is 1. The maximum absolute atomic E-state index is 11.4. The maximum Gasteiger partial charge on any atom is 0.311 e. The Labute approximate surface area is 126 Å². The zero-order valence-corrected chi connectivity index (χ0v) is 13.4. The molecule has 3 nitrogen and oxygen atoms in total. The van der Waals surface area contributed by atoms with Gasteiger partial charge in [0, 0.05) is 6.42 Å². The first-order valence-electron chi connectivity index (χ1n) is 7.45. The lowest BCUT2D eigenvalue weighted by Gasteiger charge is -2.32. The minimum Gasteiger partial charge on any atom is -0.481 e. The molecule has 0 amide bonds. The minimum atomic E-state index is -0.940. The first-order valence-corrected chi connectivity index (χ1v) is 7.45. The summed E-state index contributed by atoms with van der Waals surface area (Å²) >= 11 is 0. The normalized spacial score (nSPS) is 23.4. The van der Waals surface area contributed by atoms with Crippen LogP contribution in [0.5, 0.6) is 0 Å². The molecule has 1 aliphatic rings. The summed E-state index contributed by atoms with van der Waals surface area (Å²) in [6.07, 6.45) is 0.706. The number of carboxylic acid groups (broad SMARTS) is 1. The van der Waals surface area contributed by atoms with Crippen molar-refractivity contribution in [1.82, 2.24) is 0 Å². The molecule has 0 aliphatic heterocycles. The van der Waals surface area contributed by atoms with Crippen molar-refractivity contribution >= 4 is 12.3 Å². The van der Waals surface area contributed by atoms with E-state index >= 15 is 0 Å². The number of hydrogen-bond donors (Lipinski definition) is 1. The highest BCUT2D eigenvalue weighted by Crippen LogP contribution is 2.53. The van der Waals surface area contributed by atoms with E-state index in [4.69, 9.17) is 0 Å². The van der Waals surface area contributed by atoms with Crippen LogP contribution < -0.4 is 0 Å². The van der Waals surface area contributed by atoms with Crippen LogP contribution >= 0.6 is 0 Å². The van der Waals surface area contributed by atoms with Crippen LogP contribution in [0.2, 0.25) is 0 Å². The second-order valence-corrected chi connectivity index (χ2v) is 7.26. The van der Waals surface area contributed by atoms with E-state index in [1.165, 1.54) is 11.1 Å². The predicted molar refractivity (Wildman–Crippen MR) is 82.7 cm³/mol. The van der Waals surface area contributed by atoms with Gasteiger partial charge in [0.1, 0.15) is 6.29 Å². The monoisotopic (exact) mass is 288 g/mol. The van der Waals surface area contributed by atoms with Gasteiger partial charge in [-0.3, -0.25) is 4.79 Å². The molecule has 2 unspecified atom stereocenters. The van der Waals surface area contributed by atoms with Crippen molar-refractivity contribution in [3.05, 3.63) is 34.9 Å².